The minimum Gasteiger partial charge on any atom is -0.345 e. The van der Waals surface area contributed by atoms with Crippen LogP contribution in [0.15, 0.2) is 48.9 Å². The molecule has 1 aromatic carbocycles. The first kappa shape index (κ1) is 35.0. The molecule has 272 valence electrons. The summed E-state index contributed by atoms with van der Waals surface area (Å²) in [6.07, 6.45) is 6.98. The van der Waals surface area contributed by atoms with E-state index in [-0.39, 0.29) is 42.2 Å². The Bertz CT molecular complexity index is 2110. The Morgan fingerprint density at radius 1 is 1.04 bits per heavy atom. The van der Waals surface area contributed by atoms with E-state index >= 15 is 0 Å². The molecule has 7 rings (SSSR count). The number of piperidine rings is 1. The van der Waals surface area contributed by atoms with E-state index < -0.39 is 36.0 Å². The average Bonchev–Trinajstić information content (AvgIpc) is 3.34. The van der Waals surface area contributed by atoms with E-state index in [0.29, 0.717) is 60.1 Å². The summed E-state index contributed by atoms with van der Waals surface area (Å²) in [5.41, 5.74) is 2.61. The summed E-state index contributed by atoms with van der Waals surface area (Å²) in [6, 6.07) is 3.75. The van der Waals surface area contributed by atoms with Gasteiger partial charge in [0.1, 0.15) is 30.6 Å². The molecule has 1 aliphatic carbocycles. The van der Waals surface area contributed by atoms with Crippen LogP contribution in [-0.2, 0) is 33.9 Å². The lowest BCUT2D eigenvalue weighted by Crippen LogP contribution is -2.46. The SMILES string of the molecule is CC(=O)c1nn2c3c(cc(-c4cnc(C)nc4)cc13)C/C=C\CCCC(=O)N(C)C[C@@]13C[C@@H](C(=O)Nc4ccn(CC(F)(F)F)n4)N(C(=O)C2)[C@@H]1C3. The largest absolute Gasteiger partial charge is 0.408 e. The number of Topliss-reactive ketones (excluding diaryl/α,β-unsaturated/α-hetero) is 1. The fourth-order valence-electron chi connectivity index (χ4n) is 7.65. The molecule has 0 spiro atoms. The predicted octanol–water partition coefficient (Wildman–Crippen LogP) is 4.50. The number of carbonyl (C=O) groups is 4. The molecule has 3 aliphatic rings. The summed E-state index contributed by atoms with van der Waals surface area (Å²) in [5.74, 6) is -0.787. The second-order valence-electron chi connectivity index (χ2n) is 14.0. The number of rotatable bonds is 5. The quantitative estimate of drug-likeness (QED) is 0.235. The van der Waals surface area contributed by atoms with Gasteiger partial charge in [-0.3, -0.25) is 28.5 Å². The van der Waals surface area contributed by atoms with E-state index in [4.69, 9.17) is 0 Å². The molecule has 0 unspecified atom stereocenters. The Labute approximate surface area is 296 Å². The maximum atomic E-state index is 14.4. The summed E-state index contributed by atoms with van der Waals surface area (Å²) in [4.78, 5) is 66.2. The molecule has 5 heterocycles. The van der Waals surface area contributed by atoms with Gasteiger partial charge in [-0.15, -0.1) is 0 Å². The number of halogens is 3. The van der Waals surface area contributed by atoms with E-state index in [1.165, 1.54) is 22.6 Å². The van der Waals surface area contributed by atoms with Crippen molar-refractivity contribution in [1.29, 1.82) is 0 Å². The van der Waals surface area contributed by atoms with Crippen LogP contribution in [0.25, 0.3) is 22.0 Å². The lowest BCUT2D eigenvalue weighted by atomic mass is 9.98. The highest BCUT2D eigenvalue weighted by molar-refractivity contribution is 6.07. The third-order valence-corrected chi connectivity index (χ3v) is 10.1. The van der Waals surface area contributed by atoms with Gasteiger partial charge in [0.15, 0.2) is 11.6 Å². The third kappa shape index (κ3) is 6.93. The van der Waals surface area contributed by atoms with Crippen LogP contribution in [0, 0.1) is 12.3 Å². The number of nitrogens with zero attached hydrogens (tertiary/aromatic N) is 8. The van der Waals surface area contributed by atoms with Crippen molar-refractivity contribution in [3.05, 3.63) is 66.0 Å². The van der Waals surface area contributed by atoms with Crippen molar-refractivity contribution in [3.8, 4) is 11.1 Å². The zero-order valence-electron chi connectivity index (χ0n) is 29.0. The first-order valence-corrected chi connectivity index (χ1v) is 17.2. The molecule has 1 N–H and O–H groups in total. The number of carbonyl (C=O) groups excluding carboxylic acids is 4. The lowest BCUT2D eigenvalue weighted by molar-refractivity contribution is -0.142. The minimum atomic E-state index is -4.50. The maximum absolute atomic E-state index is 14.4. The summed E-state index contributed by atoms with van der Waals surface area (Å²) in [7, 11) is 1.72. The van der Waals surface area contributed by atoms with Crippen molar-refractivity contribution in [2.24, 2.45) is 5.41 Å². The van der Waals surface area contributed by atoms with Gasteiger partial charge < -0.3 is 15.1 Å². The number of aromatic nitrogens is 6. The molecule has 52 heavy (non-hydrogen) atoms. The predicted molar refractivity (Wildman–Crippen MR) is 183 cm³/mol. The highest BCUT2D eigenvalue weighted by Crippen LogP contribution is 2.60. The van der Waals surface area contributed by atoms with Crippen LogP contribution in [0.3, 0.4) is 0 Å². The number of ketones is 1. The highest BCUT2D eigenvalue weighted by Gasteiger charge is 2.67. The van der Waals surface area contributed by atoms with Crippen LogP contribution in [0.4, 0.5) is 19.0 Å². The number of aryl methyl sites for hydroxylation is 1. The van der Waals surface area contributed by atoms with Crippen molar-refractivity contribution in [2.45, 2.75) is 83.7 Å². The Balaban J connectivity index is 1.27. The zero-order valence-corrected chi connectivity index (χ0v) is 29.0. The molecule has 13 nitrogen and oxygen atoms in total. The van der Waals surface area contributed by atoms with Gasteiger partial charge in [0, 0.05) is 74.0 Å². The molecule has 3 aromatic heterocycles. The molecule has 4 aromatic rings. The number of amides is 3. The summed E-state index contributed by atoms with van der Waals surface area (Å²) >= 11 is 0. The Morgan fingerprint density at radius 3 is 2.54 bits per heavy atom. The number of benzene rings is 1. The number of anilines is 1. The van der Waals surface area contributed by atoms with E-state index in [1.807, 2.05) is 24.3 Å². The Morgan fingerprint density at radius 2 is 1.81 bits per heavy atom. The highest BCUT2D eigenvalue weighted by atomic mass is 19.4. The molecule has 0 radical (unpaired) electrons. The molecule has 2 fully saturated rings. The standard InChI is InChI=1S/C36H38F3N9O4/c1-21(49)32-26-13-24(25-16-40-22(2)41-17-25)12-23-8-6-4-5-7-9-30(50)45(3)19-35-14-27(34(52)42-29-10-11-46(43-29)20-36(37,38)39)48(28(35)15-35)31(51)18-47(44-32)33(23)26/h4,6,10-13,16-17,27-28H,5,7-9,14-15,18-20H2,1-3H3,(H,42,43,52)/b6-4-/t27-,28+,35-/m0/s1. The first-order valence-electron chi connectivity index (χ1n) is 17.2. The van der Waals surface area contributed by atoms with Gasteiger partial charge >= 0.3 is 6.18 Å². The number of alkyl halides is 3. The van der Waals surface area contributed by atoms with Crippen LogP contribution in [0.2, 0.25) is 0 Å². The third-order valence-electron chi connectivity index (χ3n) is 10.1. The second kappa shape index (κ2) is 13.3. The molecule has 16 heteroatoms. The van der Waals surface area contributed by atoms with E-state index in [2.05, 4.69) is 25.5 Å². The molecular formula is C36H38F3N9O4. The van der Waals surface area contributed by atoms with Crippen molar-refractivity contribution >= 4 is 40.2 Å². The van der Waals surface area contributed by atoms with Gasteiger partial charge in [-0.25, -0.2) is 9.97 Å². The zero-order chi connectivity index (χ0) is 36.9. The van der Waals surface area contributed by atoms with Crippen LogP contribution in [-0.4, -0.2) is 94.7 Å². The summed E-state index contributed by atoms with van der Waals surface area (Å²) < 4.78 is 41.1. The number of nitrogens with one attached hydrogen (secondary N) is 1. The molecule has 1 saturated heterocycles. The topological polar surface area (TPSA) is 148 Å². The van der Waals surface area contributed by atoms with E-state index in [9.17, 15) is 32.3 Å². The molecule has 3 amide bonds. The summed E-state index contributed by atoms with van der Waals surface area (Å²) in [5, 5.41) is 11.7. The van der Waals surface area contributed by atoms with Gasteiger partial charge in [0.25, 0.3) is 0 Å². The van der Waals surface area contributed by atoms with Crippen molar-refractivity contribution in [2.75, 3.05) is 18.9 Å². The smallest absolute Gasteiger partial charge is 0.345 e. The lowest BCUT2D eigenvalue weighted by Gasteiger charge is -2.27. The molecule has 1 saturated carbocycles. The van der Waals surface area contributed by atoms with Crippen LogP contribution >= 0.6 is 0 Å². The van der Waals surface area contributed by atoms with Gasteiger partial charge in [-0.1, -0.05) is 12.2 Å². The normalized spacial score (nSPS) is 23.0. The summed E-state index contributed by atoms with van der Waals surface area (Å²) in [6.45, 7) is 1.95. The van der Waals surface area contributed by atoms with Crippen LogP contribution < -0.4 is 5.32 Å². The molecule has 2 bridgehead atoms. The number of hydrogen-bond acceptors (Lipinski definition) is 8. The first-order chi connectivity index (χ1) is 24.7. The van der Waals surface area contributed by atoms with Gasteiger partial charge in [-0.05, 0) is 62.3 Å². The van der Waals surface area contributed by atoms with E-state index in [0.717, 1.165) is 22.9 Å². The maximum Gasteiger partial charge on any atom is 0.408 e. The molecule has 2 aliphatic heterocycles. The van der Waals surface area contributed by atoms with Crippen molar-refractivity contribution in [1.82, 2.24) is 39.3 Å². The molecule has 3 atom stereocenters. The van der Waals surface area contributed by atoms with Gasteiger partial charge in [-0.2, -0.15) is 23.4 Å². The Kier molecular flexibility index (Phi) is 8.95. The minimum absolute atomic E-state index is 0.0367. The second-order valence-corrected chi connectivity index (χ2v) is 14.0. The average molecular weight is 718 g/mol. The fraction of sp³-hybridized carbons (Fsp3) is 0.444. The monoisotopic (exact) mass is 717 g/mol. The Hall–Kier alpha value is -5.41. The van der Waals surface area contributed by atoms with Gasteiger partial charge in [0.05, 0.1) is 5.52 Å². The fourth-order valence-corrected chi connectivity index (χ4v) is 7.65. The van der Waals surface area contributed by atoms with Crippen LogP contribution in [0.5, 0.6) is 0 Å². The van der Waals surface area contributed by atoms with E-state index in [1.54, 1.807) is 31.3 Å². The number of hydrogen-bond donors (Lipinski definition) is 1. The van der Waals surface area contributed by atoms with Crippen molar-refractivity contribution < 1.29 is 32.3 Å². The van der Waals surface area contributed by atoms with Gasteiger partial charge in [0.2, 0.25) is 17.7 Å². The van der Waals surface area contributed by atoms with Crippen molar-refractivity contribution in [3.63, 3.8) is 0 Å². The number of allylic oxidation sites excluding steroid dienone is 2. The van der Waals surface area contributed by atoms with Crippen LogP contribution in [0.1, 0.15) is 60.9 Å². The molecular weight excluding hydrogens is 679 g/mol.